The van der Waals surface area contributed by atoms with Crippen molar-refractivity contribution in [1.82, 2.24) is 0 Å². The molecule has 1 rings (SSSR count). The summed E-state index contributed by atoms with van der Waals surface area (Å²) in [6.07, 6.45) is -4.57. The fourth-order valence-corrected chi connectivity index (χ4v) is 2.57. The summed E-state index contributed by atoms with van der Waals surface area (Å²) < 4.78 is 54.0. The predicted molar refractivity (Wildman–Crippen MR) is 61.2 cm³/mol. The minimum Gasteiger partial charge on any atom is -0.480 e. The number of carboxylic acids is 1. The number of benzene rings is 1. The smallest absolute Gasteiger partial charge is 0.416 e. The van der Waals surface area contributed by atoms with Gasteiger partial charge in [0.05, 0.1) is 23.0 Å². The summed E-state index contributed by atoms with van der Waals surface area (Å²) in [5.41, 5.74) is -0.972. The van der Waals surface area contributed by atoms with Crippen molar-refractivity contribution in [2.24, 2.45) is 0 Å². The highest BCUT2D eigenvalue weighted by molar-refractivity contribution is 7.86. The molecule has 0 fully saturated rings. The predicted octanol–water partition coefficient (Wildman–Crippen LogP) is 1.91. The molecule has 0 saturated heterocycles. The molecule has 1 aromatic rings. The second-order valence-electron chi connectivity index (χ2n) is 3.61. The van der Waals surface area contributed by atoms with Crippen molar-refractivity contribution in [2.45, 2.75) is 16.3 Å². The van der Waals surface area contributed by atoms with Crippen LogP contribution in [0.15, 0.2) is 29.2 Å². The zero-order valence-electron chi connectivity index (χ0n) is 9.81. The van der Waals surface area contributed by atoms with Gasteiger partial charge in [-0.2, -0.15) is 13.2 Å². The molecule has 106 valence electrons. The van der Waals surface area contributed by atoms with Crippen LogP contribution in [-0.2, 0) is 26.5 Å². The van der Waals surface area contributed by atoms with E-state index in [0.717, 1.165) is 12.1 Å². The van der Waals surface area contributed by atoms with Crippen molar-refractivity contribution in [3.63, 3.8) is 0 Å². The number of hydrogen-bond donors (Lipinski definition) is 1. The number of rotatable bonds is 5. The van der Waals surface area contributed by atoms with Crippen LogP contribution in [0.25, 0.3) is 0 Å². The molecule has 0 spiro atoms. The van der Waals surface area contributed by atoms with Crippen molar-refractivity contribution < 1.29 is 32.0 Å². The van der Waals surface area contributed by atoms with Gasteiger partial charge in [0.1, 0.15) is 0 Å². The molecule has 0 heterocycles. The average molecular weight is 296 g/mol. The molecule has 0 saturated carbocycles. The van der Waals surface area contributed by atoms with Gasteiger partial charge in [-0.15, -0.1) is 0 Å². The van der Waals surface area contributed by atoms with Gasteiger partial charge in [0, 0.05) is 12.0 Å². The van der Waals surface area contributed by atoms with Crippen molar-refractivity contribution in [1.29, 1.82) is 0 Å². The van der Waals surface area contributed by atoms with Gasteiger partial charge in [0.25, 0.3) is 0 Å². The zero-order valence-corrected chi connectivity index (χ0v) is 10.6. The molecule has 8 heteroatoms. The topological polar surface area (TPSA) is 63.6 Å². The van der Waals surface area contributed by atoms with Gasteiger partial charge in [-0.1, -0.05) is 6.07 Å². The summed E-state index contributed by atoms with van der Waals surface area (Å²) in [7, 11) is -0.899. The quantitative estimate of drug-likeness (QED) is 0.901. The molecule has 4 nitrogen and oxygen atoms in total. The first-order chi connectivity index (χ1) is 8.77. The van der Waals surface area contributed by atoms with Crippen molar-refractivity contribution in [3.8, 4) is 0 Å². The molecule has 1 N–H and O–H groups in total. The van der Waals surface area contributed by atoms with E-state index in [2.05, 4.69) is 4.74 Å². The van der Waals surface area contributed by atoms with Gasteiger partial charge in [-0.05, 0) is 18.2 Å². The van der Waals surface area contributed by atoms with E-state index in [-0.39, 0.29) is 11.5 Å². The Morgan fingerprint density at radius 2 is 2.11 bits per heavy atom. The number of halogens is 3. The molecule has 0 radical (unpaired) electrons. The van der Waals surface area contributed by atoms with Crippen LogP contribution in [0.2, 0.25) is 0 Å². The SMILES string of the molecule is COCC(C(=O)O)S(=O)c1cccc(C(F)(F)F)c1. The Morgan fingerprint density at radius 1 is 1.47 bits per heavy atom. The lowest BCUT2D eigenvalue weighted by atomic mass is 10.2. The van der Waals surface area contributed by atoms with E-state index >= 15 is 0 Å². The number of alkyl halides is 3. The van der Waals surface area contributed by atoms with Crippen molar-refractivity contribution >= 4 is 16.8 Å². The first-order valence-electron chi connectivity index (χ1n) is 5.07. The molecular weight excluding hydrogens is 285 g/mol. The van der Waals surface area contributed by atoms with Gasteiger partial charge >= 0.3 is 12.1 Å². The first-order valence-corrected chi connectivity index (χ1v) is 6.28. The molecule has 0 bridgehead atoms. The monoisotopic (exact) mass is 296 g/mol. The van der Waals surface area contributed by atoms with Crippen molar-refractivity contribution in [2.75, 3.05) is 13.7 Å². The normalized spacial score (nSPS) is 14.9. The lowest BCUT2D eigenvalue weighted by Crippen LogP contribution is -2.30. The number of hydrogen-bond acceptors (Lipinski definition) is 3. The molecule has 0 aliphatic carbocycles. The molecular formula is C11H11F3O4S. The lowest BCUT2D eigenvalue weighted by Gasteiger charge is -2.13. The van der Waals surface area contributed by atoms with E-state index in [4.69, 9.17) is 5.11 Å². The Kier molecular flexibility index (Phi) is 5.07. The third kappa shape index (κ3) is 4.03. The van der Waals surface area contributed by atoms with Crippen LogP contribution in [-0.4, -0.2) is 34.3 Å². The zero-order chi connectivity index (χ0) is 14.6. The van der Waals surface area contributed by atoms with Crippen LogP contribution in [0, 0.1) is 0 Å². The second kappa shape index (κ2) is 6.16. The minimum atomic E-state index is -4.57. The highest BCUT2D eigenvalue weighted by Crippen LogP contribution is 2.30. The van der Waals surface area contributed by atoms with E-state index in [1.54, 1.807) is 0 Å². The third-order valence-corrected chi connectivity index (χ3v) is 3.82. The van der Waals surface area contributed by atoms with Gasteiger partial charge in [-0.25, -0.2) is 0 Å². The maximum absolute atomic E-state index is 12.5. The highest BCUT2D eigenvalue weighted by atomic mass is 32.2. The number of aliphatic carboxylic acids is 1. The second-order valence-corrected chi connectivity index (χ2v) is 5.24. The van der Waals surface area contributed by atoms with Gasteiger partial charge in [0.2, 0.25) is 0 Å². The third-order valence-electron chi connectivity index (χ3n) is 2.25. The standard InChI is InChI=1S/C11H11F3O4S/c1-18-6-9(10(15)16)19(17)8-4-2-3-7(5-8)11(12,13)14/h2-5,9H,6H2,1H3,(H,15,16). The molecule has 0 amide bonds. The van der Waals surface area contributed by atoms with Crippen LogP contribution in [0.3, 0.4) is 0 Å². The summed E-state index contributed by atoms with van der Waals surface area (Å²) in [6.45, 7) is -0.349. The van der Waals surface area contributed by atoms with Gasteiger partial charge in [0.15, 0.2) is 5.25 Å². The summed E-state index contributed by atoms with van der Waals surface area (Å²) in [6, 6.07) is 3.78. The van der Waals surface area contributed by atoms with Crippen LogP contribution < -0.4 is 0 Å². The van der Waals surface area contributed by atoms with Crippen LogP contribution in [0.1, 0.15) is 5.56 Å². The Bertz CT molecular complexity index is 487. The Balaban J connectivity index is 3.08. The molecule has 2 atom stereocenters. The van der Waals surface area contributed by atoms with Gasteiger partial charge in [-0.3, -0.25) is 9.00 Å². The van der Waals surface area contributed by atoms with E-state index in [1.807, 2.05) is 0 Å². The Hall–Kier alpha value is -1.41. The minimum absolute atomic E-state index is 0.195. The molecule has 0 aliphatic heterocycles. The first kappa shape index (κ1) is 15.6. The van der Waals surface area contributed by atoms with E-state index < -0.39 is 33.8 Å². The van der Waals surface area contributed by atoms with E-state index in [1.165, 1.54) is 13.2 Å². The average Bonchev–Trinajstić information content (AvgIpc) is 2.34. The Labute approximate surface area is 109 Å². The molecule has 2 unspecified atom stereocenters. The molecule has 0 aliphatic rings. The molecule has 19 heavy (non-hydrogen) atoms. The van der Waals surface area contributed by atoms with E-state index in [0.29, 0.717) is 6.07 Å². The number of carbonyl (C=O) groups is 1. The number of ether oxygens (including phenoxy) is 1. The van der Waals surface area contributed by atoms with Crippen LogP contribution in [0.5, 0.6) is 0 Å². The summed E-state index contributed by atoms with van der Waals surface area (Å²) in [5, 5.41) is 7.46. The fourth-order valence-electron chi connectivity index (χ4n) is 1.34. The lowest BCUT2D eigenvalue weighted by molar-refractivity contribution is -0.138. The fraction of sp³-hybridized carbons (Fsp3) is 0.364. The summed E-state index contributed by atoms with van der Waals surface area (Å²) in [5.74, 6) is -1.39. The molecule has 0 aromatic heterocycles. The summed E-state index contributed by atoms with van der Waals surface area (Å²) in [4.78, 5) is 10.7. The Morgan fingerprint density at radius 3 is 2.58 bits per heavy atom. The number of methoxy groups -OCH3 is 1. The maximum atomic E-state index is 12.5. The van der Waals surface area contributed by atoms with Crippen molar-refractivity contribution in [3.05, 3.63) is 29.8 Å². The number of carboxylic acid groups (broad SMARTS) is 1. The molecule has 1 aromatic carbocycles. The van der Waals surface area contributed by atoms with Gasteiger partial charge < -0.3 is 9.84 Å². The van der Waals surface area contributed by atoms with Crippen LogP contribution >= 0.6 is 0 Å². The summed E-state index contributed by atoms with van der Waals surface area (Å²) >= 11 is 0. The highest BCUT2D eigenvalue weighted by Gasteiger charge is 2.32. The van der Waals surface area contributed by atoms with E-state index in [9.17, 15) is 22.2 Å². The van der Waals surface area contributed by atoms with Crippen LogP contribution in [0.4, 0.5) is 13.2 Å². The maximum Gasteiger partial charge on any atom is 0.416 e. The largest absolute Gasteiger partial charge is 0.480 e.